The molecule has 1 saturated heterocycles. The molecule has 1 aromatic rings. The molecule has 0 atom stereocenters. The van der Waals surface area contributed by atoms with Crippen molar-refractivity contribution in [3.8, 4) is 0 Å². The fourth-order valence-corrected chi connectivity index (χ4v) is 3.61. The molecule has 1 aromatic carbocycles. The van der Waals surface area contributed by atoms with Gasteiger partial charge in [0.1, 0.15) is 0 Å². The molecule has 142 valence electrons. The highest BCUT2D eigenvalue weighted by molar-refractivity contribution is 6.21. The standard InChI is InChI=1S/C23H33NO2/c1-6-9-17(4)20(8-3)22(23(25)24-12-14-26-15-13-24)21-11-10-19(7-2)16-18(21)5/h10-11,16H,4,6-9,12-15H2,1-3,5H3/b22-20+. The summed E-state index contributed by atoms with van der Waals surface area (Å²) in [5, 5.41) is 0. The van der Waals surface area contributed by atoms with Crippen LogP contribution >= 0.6 is 0 Å². The average Bonchev–Trinajstić information content (AvgIpc) is 2.66. The number of benzene rings is 1. The second kappa shape index (κ2) is 9.72. The lowest BCUT2D eigenvalue weighted by atomic mass is 9.88. The Hall–Kier alpha value is -1.87. The molecule has 0 aromatic heterocycles. The van der Waals surface area contributed by atoms with Crippen molar-refractivity contribution in [2.24, 2.45) is 0 Å². The minimum atomic E-state index is 0.120. The van der Waals surface area contributed by atoms with Crippen LogP contribution in [-0.2, 0) is 16.0 Å². The number of morpholine rings is 1. The summed E-state index contributed by atoms with van der Waals surface area (Å²) in [6.45, 7) is 15.4. The summed E-state index contributed by atoms with van der Waals surface area (Å²) < 4.78 is 5.43. The number of nitrogens with zero attached hydrogens (tertiary/aromatic N) is 1. The van der Waals surface area contributed by atoms with Crippen LogP contribution in [0.25, 0.3) is 5.57 Å². The number of aryl methyl sites for hydroxylation is 2. The van der Waals surface area contributed by atoms with E-state index in [-0.39, 0.29) is 5.91 Å². The van der Waals surface area contributed by atoms with E-state index >= 15 is 0 Å². The van der Waals surface area contributed by atoms with E-state index in [1.807, 2.05) is 4.90 Å². The Labute approximate surface area is 158 Å². The Bertz CT molecular complexity index is 681. The van der Waals surface area contributed by atoms with Crippen LogP contribution < -0.4 is 0 Å². The Balaban J connectivity index is 2.57. The molecular weight excluding hydrogens is 322 g/mol. The third-order valence-corrected chi connectivity index (χ3v) is 5.11. The normalized spacial score (nSPS) is 15.6. The molecule has 3 nitrogen and oxygen atoms in total. The highest BCUT2D eigenvalue weighted by Gasteiger charge is 2.26. The predicted octanol–water partition coefficient (Wildman–Crippen LogP) is 4.94. The molecule has 2 rings (SSSR count). The van der Waals surface area contributed by atoms with Crippen molar-refractivity contribution in [3.05, 3.63) is 52.6 Å². The summed E-state index contributed by atoms with van der Waals surface area (Å²) in [4.78, 5) is 15.4. The average molecular weight is 356 g/mol. The Kier molecular flexibility index (Phi) is 7.65. The molecule has 0 saturated carbocycles. The number of rotatable bonds is 7. The van der Waals surface area contributed by atoms with Crippen molar-refractivity contribution < 1.29 is 9.53 Å². The van der Waals surface area contributed by atoms with Gasteiger partial charge in [0, 0.05) is 13.1 Å². The fraction of sp³-hybridized carbons (Fsp3) is 0.522. The van der Waals surface area contributed by atoms with E-state index < -0.39 is 0 Å². The second-order valence-corrected chi connectivity index (χ2v) is 6.97. The molecule has 0 spiro atoms. The summed E-state index contributed by atoms with van der Waals surface area (Å²) in [7, 11) is 0. The van der Waals surface area contributed by atoms with Crippen LogP contribution in [0.4, 0.5) is 0 Å². The van der Waals surface area contributed by atoms with Gasteiger partial charge in [0.15, 0.2) is 0 Å². The van der Waals surface area contributed by atoms with Gasteiger partial charge in [-0.25, -0.2) is 0 Å². The van der Waals surface area contributed by atoms with E-state index in [0.29, 0.717) is 26.3 Å². The Morgan fingerprint density at radius 2 is 1.88 bits per heavy atom. The largest absolute Gasteiger partial charge is 0.378 e. The van der Waals surface area contributed by atoms with Crippen LogP contribution in [0.5, 0.6) is 0 Å². The third kappa shape index (κ3) is 4.64. The van der Waals surface area contributed by atoms with Crippen molar-refractivity contribution in [2.45, 2.75) is 53.4 Å². The van der Waals surface area contributed by atoms with Gasteiger partial charge in [-0.1, -0.05) is 57.5 Å². The monoisotopic (exact) mass is 355 g/mol. The smallest absolute Gasteiger partial charge is 0.254 e. The topological polar surface area (TPSA) is 29.5 Å². The van der Waals surface area contributed by atoms with E-state index in [1.54, 1.807) is 0 Å². The summed E-state index contributed by atoms with van der Waals surface area (Å²) >= 11 is 0. The number of carbonyl (C=O) groups excluding carboxylic acids is 1. The summed E-state index contributed by atoms with van der Waals surface area (Å²) in [6.07, 6.45) is 3.78. The van der Waals surface area contributed by atoms with Crippen molar-refractivity contribution >= 4 is 11.5 Å². The number of amides is 1. The van der Waals surface area contributed by atoms with Gasteiger partial charge in [-0.15, -0.1) is 0 Å². The minimum absolute atomic E-state index is 0.120. The summed E-state index contributed by atoms with van der Waals surface area (Å²) in [5.41, 5.74) is 6.55. The molecule has 0 aliphatic carbocycles. The van der Waals surface area contributed by atoms with Gasteiger partial charge in [0.25, 0.3) is 5.91 Å². The first kappa shape index (κ1) is 20.4. The van der Waals surface area contributed by atoms with Crippen LogP contribution in [0.15, 0.2) is 35.9 Å². The molecule has 1 aliphatic heterocycles. The van der Waals surface area contributed by atoms with Crippen LogP contribution in [0.2, 0.25) is 0 Å². The highest BCUT2D eigenvalue weighted by Crippen LogP contribution is 2.32. The maximum absolute atomic E-state index is 13.5. The van der Waals surface area contributed by atoms with E-state index in [0.717, 1.165) is 53.5 Å². The van der Waals surface area contributed by atoms with Crippen LogP contribution in [0, 0.1) is 6.92 Å². The SMILES string of the molecule is C=C(CCC)/C(CC)=C(/C(=O)N1CCOCC1)c1ccc(CC)cc1C. The number of hydrogen-bond acceptors (Lipinski definition) is 2. The zero-order chi connectivity index (χ0) is 19.1. The second-order valence-electron chi connectivity index (χ2n) is 6.97. The molecule has 1 fully saturated rings. The first-order valence-electron chi connectivity index (χ1n) is 9.91. The molecule has 26 heavy (non-hydrogen) atoms. The highest BCUT2D eigenvalue weighted by atomic mass is 16.5. The molecule has 0 radical (unpaired) electrons. The lowest BCUT2D eigenvalue weighted by Gasteiger charge is -2.29. The first-order chi connectivity index (χ1) is 12.5. The molecule has 0 N–H and O–H groups in total. The quantitative estimate of drug-likeness (QED) is 0.512. The van der Waals surface area contributed by atoms with Crippen LogP contribution in [-0.4, -0.2) is 37.1 Å². The molecule has 0 bridgehead atoms. The molecule has 0 unspecified atom stereocenters. The molecule has 3 heteroatoms. The van der Waals surface area contributed by atoms with Gasteiger partial charge in [-0.05, 0) is 48.4 Å². The van der Waals surface area contributed by atoms with E-state index in [9.17, 15) is 4.79 Å². The van der Waals surface area contributed by atoms with Crippen molar-refractivity contribution in [3.63, 3.8) is 0 Å². The number of allylic oxidation sites excluding steroid dienone is 2. The predicted molar refractivity (Wildman–Crippen MR) is 109 cm³/mol. The van der Waals surface area contributed by atoms with E-state index in [4.69, 9.17) is 4.74 Å². The zero-order valence-electron chi connectivity index (χ0n) is 16.9. The minimum Gasteiger partial charge on any atom is -0.378 e. The third-order valence-electron chi connectivity index (χ3n) is 5.11. The number of ether oxygens (including phenoxy) is 1. The van der Waals surface area contributed by atoms with Crippen molar-refractivity contribution in [2.75, 3.05) is 26.3 Å². The first-order valence-corrected chi connectivity index (χ1v) is 9.91. The Morgan fingerprint density at radius 3 is 2.42 bits per heavy atom. The maximum Gasteiger partial charge on any atom is 0.254 e. The van der Waals surface area contributed by atoms with Gasteiger partial charge < -0.3 is 9.64 Å². The Morgan fingerprint density at radius 1 is 1.19 bits per heavy atom. The molecular formula is C23H33NO2. The van der Waals surface area contributed by atoms with Crippen LogP contribution in [0.1, 0.15) is 56.7 Å². The summed E-state index contributed by atoms with van der Waals surface area (Å²) in [6, 6.07) is 6.47. The molecule has 1 heterocycles. The summed E-state index contributed by atoms with van der Waals surface area (Å²) in [5.74, 6) is 0.120. The fourth-order valence-electron chi connectivity index (χ4n) is 3.61. The maximum atomic E-state index is 13.5. The van der Waals surface area contributed by atoms with Gasteiger partial charge in [0.2, 0.25) is 0 Å². The molecule has 1 amide bonds. The van der Waals surface area contributed by atoms with Gasteiger partial charge in [-0.3, -0.25) is 4.79 Å². The van der Waals surface area contributed by atoms with Crippen molar-refractivity contribution in [1.82, 2.24) is 4.90 Å². The van der Waals surface area contributed by atoms with Gasteiger partial charge >= 0.3 is 0 Å². The van der Waals surface area contributed by atoms with Crippen molar-refractivity contribution in [1.29, 1.82) is 0 Å². The lowest BCUT2D eigenvalue weighted by molar-refractivity contribution is -0.129. The van der Waals surface area contributed by atoms with E-state index in [1.165, 1.54) is 5.56 Å². The van der Waals surface area contributed by atoms with Crippen LogP contribution in [0.3, 0.4) is 0 Å². The number of carbonyl (C=O) groups is 1. The zero-order valence-corrected chi connectivity index (χ0v) is 16.9. The van der Waals surface area contributed by atoms with Gasteiger partial charge in [0.05, 0.1) is 18.8 Å². The van der Waals surface area contributed by atoms with Gasteiger partial charge in [-0.2, -0.15) is 0 Å². The number of hydrogen-bond donors (Lipinski definition) is 0. The van der Waals surface area contributed by atoms with E-state index in [2.05, 4.69) is 52.5 Å². The lowest BCUT2D eigenvalue weighted by Crippen LogP contribution is -2.41. The molecule has 1 aliphatic rings.